The summed E-state index contributed by atoms with van der Waals surface area (Å²) in [6, 6.07) is 15.0. The number of hydrogen-bond acceptors (Lipinski definition) is 4. The van der Waals surface area contributed by atoms with Crippen LogP contribution in [0.25, 0.3) is 11.0 Å². The number of nitrogens with zero attached hydrogens (tertiary/aromatic N) is 3. The highest BCUT2D eigenvalue weighted by atomic mass is 16.2. The first-order valence-corrected chi connectivity index (χ1v) is 11.9. The molecule has 3 aromatic rings. The van der Waals surface area contributed by atoms with E-state index in [9.17, 15) is 14.4 Å². The minimum Gasteiger partial charge on any atom is -0.352 e. The number of amides is 1. The molecule has 1 aromatic heterocycles. The zero-order chi connectivity index (χ0) is 24.1. The first-order chi connectivity index (χ1) is 16.5. The lowest BCUT2D eigenvalue weighted by Crippen LogP contribution is -2.41. The van der Waals surface area contributed by atoms with E-state index >= 15 is 0 Å². The van der Waals surface area contributed by atoms with E-state index in [2.05, 4.69) is 23.7 Å². The second-order valence-electron chi connectivity index (χ2n) is 8.92. The van der Waals surface area contributed by atoms with Gasteiger partial charge in [-0.15, -0.1) is 6.58 Å². The fourth-order valence-corrected chi connectivity index (χ4v) is 4.64. The van der Waals surface area contributed by atoms with Gasteiger partial charge in [0.2, 0.25) is 0 Å². The van der Waals surface area contributed by atoms with Crippen molar-refractivity contribution in [3.8, 4) is 0 Å². The number of hydrogen-bond donors (Lipinski definition) is 1. The van der Waals surface area contributed by atoms with E-state index in [0.29, 0.717) is 29.2 Å². The van der Waals surface area contributed by atoms with Crippen molar-refractivity contribution < 1.29 is 4.79 Å². The molecule has 1 saturated heterocycles. The van der Waals surface area contributed by atoms with E-state index in [4.69, 9.17) is 0 Å². The lowest BCUT2D eigenvalue weighted by molar-refractivity contribution is 0.0949. The van der Waals surface area contributed by atoms with Crippen molar-refractivity contribution >= 4 is 16.9 Å². The van der Waals surface area contributed by atoms with Crippen LogP contribution < -0.4 is 16.4 Å². The molecule has 7 nitrogen and oxygen atoms in total. The number of aromatic nitrogens is 2. The molecule has 0 aliphatic carbocycles. The Bertz CT molecular complexity index is 1280. The van der Waals surface area contributed by atoms with Crippen LogP contribution >= 0.6 is 0 Å². The smallest absolute Gasteiger partial charge is 0.317 e. The molecule has 4 rings (SSSR count). The van der Waals surface area contributed by atoms with Crippen LogP contribution in [-0.2, 0) is 13.1 Å². The van der Waals surface area contributed by atoms with Gasteiger partial charge in [-0.2, -0.15) is 0 Å². The van der Waals surface area contributed by atoms with E-state index in [-0.39, 0.29) is 19.0 Å². The number of para-hydroxylation sites is 2. The molecule has 0 radical (unpaired) electrons. The molecular formula is C27H32N4O3. The fraction of sp³-hybridized carbons (Fsp3) is 0.370. The highest BCUT2D eigenvalue weighted by Crippen LogP contribution is 2.15. The van der Waals surface area contributed by atoms with Crippen LogP contribution in [0.5, 0.6) is 0 Å². The van der Waals surface area contributed by atoms with Gasteiger partial charge in [0.05, 0.1) is 17.6 Å². The Balaban J connectivity index is 1.46. The molecular weight excluding hydrogens is 428 g/mol. The number of rotatable bonds is 9. The second-order valence-corrected chi connectivity index (χ2v) is 8.92. The van der Waals surface area contributed by atoms with Crippen LogP contribution in [-0.4, -0.2) is 45.6 Å². The Morgan fingerprint density at radius 1 is 1.00 bits per heavy atom. The van der Waals surface area contributed by atoms with Gasteiger partial charge in [0.15, 0.2) is 0 Å². The van der Waals surface area contributed by atoms with Gasteiger partial charge in [0.1, 0.15) is 0 Å². The summed E-state index contributed by atoms with van der Waals surface area (Å²) >= 11 is 0. The number of carbonyl (C=O) groups excluding carboxylic acids is 1. The van der Waals surface area contributed by atoms with Crippen LogP contribution in [0.2, 0.25) is 0 Å². The number of likely N-dealkylation sites (tertiary alicyclic amines) is 1. The molecule has 1 aliphatic rings. The third-order valence-corrected chi connectivity index (χ3v) is 6.62. The third-order valence-electron chi connectivity index (χ3n) is 6.62. The minimum absolute atomic E-state index is 0.102. The van der Waals surface area contributed by atoms with Gasteiger partial charge in [-0.25, -0.2) is 0 Å². The SMILES string of the molecule is C=CCn1c(=O)c(=O)n(Cc2ccc(C(=O)NCC[C@@H](C)N3CCCC3)cc2)c2ccccc21. The van der Waals surface area contributed by atoms with Crippen molar-refractivity contribution in [3.05, 3.63) is 93.0 Å². The van der Waals surface area contributed by atoms with Crippen LogP contribution in [0.4, 0.5) is 0 Å². The summed E-state index contributed by atoms with van der Waals surface area (Å²) in [5, 5.41) is 3.01. The lowest BCUT2D eigenvalue weighted by atomic mass is 10.1. The van der Waals surface area contributed by atoms with Crippen LogP contribution in [0.1, 0.15) is 42.1 Å². The van der Waals surface area contributed by atoms with Gasteiger partial charge < -0.3 is 10.2 Å². The molecule has 0 unspecified atom stereocenters. The van der Waals surface area contributed by atoms with Gasteiger partial charge in [0, 0.05) is 24.7 Å². The zero-order valence-electron chi connectivity index (χ0n) is 19.7. The predicted octanol–water partition coefficient (Wildman–Crippen LogP) is 3.00. The van der Waals surface area contributed by atoms with Crippen molar-refractivity contribution in [2.45, 2.75) is 45.3 Å². The quantitative estimate of drug-likeness (QED) is 0.393. The highest BCUT2D eigenvalue weighted by Gasteiger charge is 2.18. The average molecular weight is 461 g/mol. The Morgan fingerprint density at radius 2 is 1.62 bits per heavy atom. The molecule has 1 atom stereocenters. The molecule has 1 amide bonds. The standard InChI is InChI=1S/C27H32N4O3/c1-3-16-30-23-8-4-5-9-24(23)31(27(34)26(30)33)19-21-10-12-22(13-11-21)25(32)28-15-14-20(2)29-17-6-7-18-29/h3-5,8-13,20H,1,6-7,14-19H2,2H3,(H,28,32)/t20-/m1/s1. The van der Waals surface area contributed by atoms with E-state index in [1.165, 1.54) is 22.0 Å². The largest absolute Gasteiger partial charge is 0.352 e. The molecule has 1 aliphatic heterocycles. The van der Waals surface area contributed by atoms with Crippen molar-refractivity contribution in [2.24, 2.45) is 0 Å². The maximum absolute atomic E-state index is 12.9. The Morgan fingerprint density at radius 3 is 2.26 bits per heavy atom. The van der Waals surface area contributed by atoms with E-state index < -0.39 is 11.1 Å². The molecule has 0 spiro atoms. The fourth-order valence-electron chi connectivity index (χ4n) is 4.64. The molecule has 1 fully saturated rings. The van der Waals surface area contributed by atoms with E-state index in [1.54, 1.807) is 18.2 Å². The number of nitrogens with one attached hydrogen (secondary N) is 1. The molecule has 7 heteroatoms. The highest BCUT2D eigenvalue weighted by molar-refractivity contribution is 5.94. The normalized spacial score (nSPS) is 14.9. The summed E-state index contributed by atoms with van der Waals surface area (Å²) in [6.45, 7) is 9.37. The molecule has 34 heavy (non-hydrogen) atoms. The van der Waals surface area contributed by atoms with Crippen molar-refractivity contribution in [1.29, 1.82) is 0 Å². The maximum atomic E-state index is 12.9. The predicted molar refractivity (Wildman–Crippen MR) is 135 cm³/mol. The van der Waals surface area contributed by atoms with E-state index in [0.717, 1.165) is 25.1 Å². The minimum atomic E-state index is -0.575. The van der Waals surface area contributed by atoms with E-state index in [1.807, 2.05) is 36.4 Å². The summed E-state index contributed by atoms with van der Waals surface area (Å²) < 4.78 is 2.94. The summed E-state index contributed by atoms with van der Waals surface area (Å²) in [4.78, 5) is 40.6. The molecule has 1 N–H and O–H groups in total. The first kappa shape index (κ1) is 23.7. The van der Waals surface area contributed by atoms with Crippen molar-refractivity contribution in [2.75, 3.05) is 19.6 Å². The molecule has 0 bridgehead atoms. The summed E-state index contributed by atoms with van der Waals surface area (Å²) in [6.07, 6.45) is 5.06. The lowest BCUT2D eigenvalue weighted by Gasteiger charge is -2.23. The summed E-state index contributed by atoms with van der Waals surface area (Å²) in [7, 11) is 0. The Labute approximate surface area is 199 Å². The van der Waals surface area contributed by atoms with Crippen LogP contribution in [0, 0.1) is 0 Å². The molecule has 2 heterocycles. The number of fused-ring (bicyclic) bond motifs is 1. The number of carbonyl (C=O) groups is 1. The number of benzene rings is 2. The van der Waals surface area contributed by atoms with Crippen LogP contribution in [0.15, 0.2) is 70.8 Å². The Kier molecular flexibility index (Phi) is 7.43. The third kappa shape index (κ3) is 5.04. The first-order valence-electron chi connectivity index (χ1n) is 11.9. The van der Waals surface area contributed by atoms with Gasteiger partial charge >= 0.3 is 11.1 Å². The van der Waals surface area contributed by atoms with Gasteiger partial charge in [-0.3, -0.25) is 23.5 Å². The Hall–Kier alpha value is -3.45. The molecule has 178 valence electrons. The summed E-state index contributed by atoms with van der Waals surface area (Å²) in [5.41, 5.74) is 1.64. The zero-order valence-corrected chi connectivity index (χ0v) is 19.7. The second kappa shape index (κ2) is 10.7. The molecule has 0 saturated carbocycles. The van der Waals surface area contributed by atoms with Crippen molar-refractivity contribution in [1.82, 2.24) is 19.4 Å². The number of allylic oxidation sites excluding steroid dienone is 1. The van der Waals surface area contributed by atoms with Crippen molar-refractivity contribution in [3.63, 3.8) is 0 Å². The van der Waals surface area contributed by atoms with Gasteiger partial charge in [-0.05, 0) is 69.1 Å². The maximum Gasteiger partial charge on any atom is 0.317 e. The van der Waals surface area contributed by atoms with Gasteiger partial charge in [-0.1, -0.05) is 30.3 Å². The monoisotopic (exact) mass is 460 g/mol. The van der Waals surface area contributed by atoms with Gasteiger partial charge in [0.25, 0.3) is 5.91 Å². The topological polar surface area (TPSA) is 76.3 Å². The summed E-state index contributed by atoms with van der Waals surface area (Å²) in [5.74, 6) is -0.102. The average Bonchev–Trinajstić information content (AvgIpc) is 3.40. The molecule has 2 aromatic carbocycles. The van der Waals surface area contributed by atoms with Crippen LogP contribution in [0.3, 0.4) is 0 Å².